The number of nitrogens with one attached hydrogen (secondary N) is 2. The highest BCUT2D eigenvalue weighted by Crippen LogP contribution is 2.20. The highest BCUT2D eigenvalue weighted by molar-refractivity contribution is 7.89. The number of aromatic nitrogens is 3. The molecule has 0 fully saturated rings. The third kappa shape index (κ3) is 3.00. The Bertz CT molecular complexity index is 662. The molecule has 7 nitrogen and oxygen atoms in total. The Labute approximate surface area is 114 Å². The molecular formula is C10H14N4O3S2. The van der Waals surface area contributed by atoms with Gasteiger partial charge in [-0.15, -0.1) is 11.3 Å². The number of rotatable bonds is 5. The molecular weight excluding hydrogens is 288 g/mol. The van der Waals surface area contributed by atoms with Crippen LogP contribution in [0, 0.1) is 6.92 Å². The molecule has 2 rings (SSSR count). The lowest BCUT2D eigenvalue weighted by Crippen LogP contribution is -2.28. The van der Waals surface area contributed by atoms with E-state index in [1.54, 1.807) is 6.92 Å². The van der Waals surface area contributed by atoms with Gasteiger partial charge in [0, 0.05) is 16.6 Å². The van der Waals surface area contributed by atoms with Crippen molar-refractivity contribution in [2.45, 2.75) is 31.5 Å². The first-order valence-electron chi connectivity index (χ1n) is 5.51. The maximum atomic E-state index is 12.1. The minimum Gasteiger partial charge on any atom is -0.392 e. The van der Waals surface area contributed by atoms with E-state index in [2.05, 4.69) is 19.9 Å². The largest absolute Gasteiger partial charge is 0.392 e. The van der Waals surface area contributed by atoms with Crippen molar-refractivity contribution >= 4 is 21.4 Å². The van der Waals surface area contributed by atoms with Crippen LogP contribution in [0.1, 0.15) is 29.2 Å². The first-order valence-corrected chi connectivity index (χ1v) is 7.88. The van der Waals surface area contributed by atoms with Gasteiger partial charge in [-0.1, -0.05) is 0 Å². The van der Waals surface area contributed by atoms with Crippen LogP contribution in [-0.2, 0) is 16.6 Å². The molecule has 0 saturated carbocycles. The van der Waals surface area contributed by atoms with Crippen LogP contribution >= 0.6 is 11.3 Å². The summed E-state index contributed by atoms with van der Waals surface area (Å²) in [6.07, 6.45) is 1.28. The first kappa shape index (κ1) is 14.1. The molecule has 1 atom stereocenters. The van der Waals surface area contributed by atoms with E-state index in [-0.39, 0.29) is 10.6 Å². The predicted molar refractivity (Wildman–Crippen MR) is 70.1 cm³/mol. The van der Waals surface area contributed by atoms with Gasteiger partial charge < -0.3 is 5.11 Å². The van der Waals surface area contributed by atoms with E-state index in [4.69, 9.17) is 5.11 Å². The molecule has 1 unspecified atom stereocenters. The molecule has 0 amide bonds. The van der Waals surface area contributed by atoms with Crippen molar-refractivity contribution < 1.29 is 13.5 Å². The van der Waals surface area contributed by atoms with Crippen LogP contribution in [0.3, 0.4) is 0 Å². The van der Waals surface area contributed by atoms with E-state index in [0.717, 1.165) is 5.69 Å². The van der Waals surface area contributed by atoms with Gasteiger partial charge >= 0.3 is 0 Å². The van der Waals surface area contributed by atoms with Crippen LogP contribution in [-0.4, -0.2) is 28.7 Å². The van der Waals surface area contributed by atoms with Gasteiger partial charge in [-0.05, 0) is 13.8 Å². The average molecular weight is 302 g/mol. The molecule has 2 heterocycles. The van der Waals surface area contributed by atoms with Gasteiger partial charge in [0.25, 0.3) is 10.0 Å². The maximum Gasteiger partial charge on any atom is 0.258 e. The zero-order valence-electron chi connectivity index (χ0n) is 10.4. The van der Waals surface area contributed by atoms with Crippen LogP contribution in [0.25, 0.3) is 0 Å². The fourth-order valence-corrected chi connectivity index (χ4v) is 3.77. The highest BCUT2D eigenvalue weighted by Gasteiger charge is 2.24. The molecule has 104 valence electrons. The molecule has 3 N–H and O–H groups in total. The zero-order valence-corrected chi connectivity index (χ0v) is 12.0. The number of nitrogens with zero attached hydrogens (tertiary/aromatic N) is 2. The first-order chi connectivity index (χ1) is 8.94. The Kier molecular flexibility index (Phi) is 3.99. The number of thiazole rings is 1. The summed E-state index contributed by atoms with van der Waals surface area (Å²) < 4.78 is 26.8. The second kappa shape index (κ2) is 5.37. The zero-order chi connectivity index (χ0) is 14.0. The Hall–Kier alpha value is -1.29. The second-order valence-corrected chi connectivity index (χ2v) is 6.59. The Morgan fingerprint density at radius 2 is 2.32 bits per heavy atom. The van der Waals surface area contributed by atoms with Gasteiger partial charge in [0.05, 0.1) is 18.8 Å². The number of aryl methyl sites for hydroxylation is 1. The molecule has 0 aliphatic rings. The van der Waals surface area contributed by atoms with Crippen LogP contribution in [0.4, 0.5) is 0 Å². The van der Waals surface area contributed by atoms with Crippen LogP contribution in [0.2, 0.25) is 0 Å². The minimum absolute atomic E-state index is 0.116. The van der Waals surface area contributed by atoms with Crippen molar-refractivity contribution in [3.63, 3.8) is 0 Å². The fraction of sp³-hybridized carbons (Fsp3) is 0.400. The smallest absolute Gasteiger partial charge is 0.258 e. The number of aromatic amines is 1. The summed E-state index contributed by atoms with van der Waals surface area (Å²) in [5.74, 6) is 0. The number of hydrogen-bond donors (Lipinski definition) is 3. The molecule has 0 radical (unpaired) electrons. The third-order valence-electron chi connectivity index (χ3n) is 2.46. The average Bonchev–Trinajstić information content (AvgIpc) is 2.96. The van der Waals surface area contributed by atoms with Gasteiger partial charge in [-0.2, -0.15) is 5.10 Å². The Morgan fingerprint density at radius 1 is 1.58 bits per heavy atom. The molecule has 0 aromatic carbocycles. The molecule has 0 aliphatic carbocycles. The molecule has 0 aliphatic heterocycles. The molecule has 0 spiro atoms. The SMILES string of the molecule is Cc1csc(C(C)NS(=O)(=O)c2[nH]ncc2CO)n1. The molecule has 2 aromatic heterocycles. The highest BCUT2D eigenvalue weighted by atomic mass is 32.2. The summed E-state index contributed by atoms with van der Waals surface area (Å²) in [6.45, 7) is 3.17. The molecule has 19 heavy (non-hydrogen) atoms. The second-order valence-electron chi connectivity index (χ2n) is 4.05. The monoisotopic (exact) mass is 302 g/mol. The van der Waals surface area contributed by atoms with Crippen LogP contribution < -0.4 is 4.72 Å². The molecule has 0 bridgehead atoms. The number of H-pyrrole nitrogens is 1. The summed E-state index contributed by atoms with van der Waals surface area (Å²) in [5, 5.41) is 17.5. The summed E-state index contributed by atoms with van der Waals surface area (Å²) in [7, 11) is -3.76. The topological polar surface area (TPSA) is 108 Å². The van der Waals surface area contributed by atoms with Crippen LogP contribution in [0.5, 0.6) is 0 Å². The molecule has 0 saturated heterocycles. The normalized spacial score (nSPS) is 13.6. The van der Waals surface area contributed by atoms with Crippen molar-refractivity contribution in [3.05, 3.63) is 27.8 Å². The molecule has 9 heteroatoms. The van der Waals surface area contributed by atoms with Gasteiger partial charge in [0.1, 0.15) is 5.01 Å². The van der Waals surface area contributed by atoms with Crippen molar-refractivity contribution in [1.82, 2.24) is 19.9 Å². The number of aliphatic hydroxyl groups excluding tert-OH is 1. The lowest BCUT2D eigenvalue weighted by Gasteiger charge is -2.11. The van der Waals surface area contributed by atoms with Gasteiger partial charge in [-0.3, -0.25) is 5.10 Å². The van der Waals surface area contributed by atoms with E-state index in [1.165, 1.54) is 17.5 Å². The van der Waals surface area contributed by atoms with Crippen molar-refractivity contribution in [2.75, 3.05) is 0 Å². The van der Waals surface area contributed by atoms with E-state index < -0.39 is 22.7 Å². The van der Waals surface area contributed by atoms with Crippen molar-refractivity contribution in [3.8, 4) is 0 Å². The van der Waals surface area contributed by atoms with Crippen molar-refractivity contribution in [2.24, 2.45) is 0 Å². The van der Waals surface area contributed by atoms with E-state index in [0.29, 0.717) is 5.01 Å². The van der Waals surface area contributed by atoms with Crippen molar-refractivity contribution in [1.29, 1.82) is 0 Å². The fourth-order valence-electron chi connectivity index (χ4n) is 1.56. The lowest BCUT2D eigenvalue weighted by atomic mass is 10.4. The maximum absolute atomic E-state index is 12.1. The minimum atomic E-state index is -3.76. The van der Waals surface area contributed by atoms with Gasteiger partial charge in [0.2, 0.25) is 0 Å². The van der Waals surface area contributed by atoms with Gasteiger partial charge in [-0.25, -0.2) is 18.1 Å². The third-order valence-corrected chi connectivity index (χ3v) is 5.16. The lowest BCUT2D eigenvalue weighted by molar-refractivity contribution is 0.278. The van der Waals surface area contributed by atoms with Crippen LogP contribution in [0.15, 0.2) is 16.6 Å². The van der Waals surface area contributed by atoms with E-state index >= 15 is 0 Å². The van der Waals surface area contributed by atoms with E-state index in [1.807, 2.05) is 12.3 Å². The number of aliphatic hydroxyl groups is 1. The van der Waals surface area contributed by atoms with Gasteiger partial charge in [0.15, 0.2) is 5.03 Å². The molecule has 2 aromatic rings. The summed E-state index contributed by atoms with van der Waals surface area (Å²) in [6, 6.07) is -0.446. The number of sulfonamides is 1. The quantitative estimate of drug-likeness (QED) is 0.753. The van der Waals surface area contributed by atoms with E-state index in [9.17, 15) is 8.42 Å². The Balaban J connectivity index is 2.22. The summed E-state index contributed by atoms with van der Waals surface area (Å²) in [4.78, 5) is 4.24. The predicted octanol–water partition coefficient (Wildman–Crippen LogP) is 0.706. The number of hydrogen-bond acceptors (Lipinski definition) is 6. The standard InChI is InChI=1S/C10H14N4O3S2/c1-6-5-18-9(12-6)7(2)14-19(16,17)10-8(4-15)3-11-13-10/h3,5,7,14-15H,4H2,1-2H3,(H,11,13). The Morgan fingerprint density at radius 3 is 2.89 bits per heavy atom. The summed E-state index contributed by atoms with van der Waals surface area (Å²) in [5.41, 5.74) is 1.08. The summed E-state index contributed by atoms with van der Waals surface area (Å²) >= 11 is 1.39.